The van der Waals surface area contributed by atoms with E-state index in [1.54, 1.807) is 10.9 Å². The Kier molecular flexibility index (Phi) is 2.02. The van der Waals surface area contributed by atoms with E-state index in [-0.39, 0.29) is 6.54 Å². The van der Waals surface area contributed by atoms with Crippen molar-refractivity contribution in [2.24, 2.45) is 0 Å². The Labute approximate surface area is 81.4 Å². The monoisotopic (exact) mass is 192 g/mol. The van der Waals surface area contributed by atoms with Crippen molar-refractivity contribution in [1.29, 1.82) is 0 Å². The van der Waals surface area contributed by atoms with E-state index in [9.17, 15) is 10.2 Å². The van der Waals surface area contributed by atoms with E-state index in [1.807, 2.05) is 24.3 Å². The Morgan fingerprint density at radius 3 is 2.79 bits per heavy atom. The SMILES string of the molecule is CC(O)(O)Cn1cnc2ccccc21. The van der Waals surface area contributed by atoms with Gasteiger partial charge in [0.15, 0.2) is 5.79 Å². The van der Waals surface area contributed by atoms with Gasteiger partial charge in [-0.1, -0.05) is 12.1 Å². The number of hydrogen-bond donors (Lipinski definition) is 2. The van der Waals surface area contributed by atoms with Crippen LogP contribution in [0.4, 0.5) is 0 Å². The average molecular weight is 192 g/mol. The maximum absolute atomic E-state index is 9.26. The van der Waals surface area contributed by atoms with E-state index < -0.39 is 5.79 Å². The summed E-state index contributed by atoms with van der Waals surface area (Å²) < 4.78 is 1.72. The summed E-state index contributed by atoms with van der Waals surface area (Å²) in [5, 5.41) is 18.5. The van der Waals surface area contributed by atoms with Gasteiger partial charge in [-0.25, -0.2) is 4.98 Å². The predicted octanol–water partition coefficient (Wildman–Crippen LogP) is 0.737. The fourth-order valence-corrected chi connectivity index (χ4v) is 1.46. The lowest BCUT2D eigenvalue weighted by Gasteiger charge is -2.16. The molecule has 0 bridgehead atoms. The first-order chi connectivity index (χ1) is 6.56. The van der Waals surface area contributed by atoms with Gasteiger partial charge in [-0.05, 0) is 19.1 Å². The largest absolute Gasteiger partial charge is 0.364 e. The van der Waals surface area contributed by atoms with E-state index in [0.717, 1.165) is 11.0 Å². The lowest BCUT2D eigenvalue weighted by Crippen LogP contribution is -2.29. The molecule has 2 rings (SSSR count). The van der Waals surface area contributed by atoms with Crippen LogP contribution in [0.25, 0.3) is 11.0 Å². The van der Waals surface area contributed by atoms with Crippen LogP contribution in [0.5, 0.6) is 0 Å². The molecule has 0 aliphatic carbocycles. The number of aromatic nitrogens is 2. The molecule has 0 saturated heterocycles. The molecule has 2 N–H and O–H groups in total. The van der Waals surface area contributed by atoms with Gasteiger partial charge in [0.1, 0.15) is 0 Å². The summed E-state index contributed by atoms with van der Waals surface area (Å²) in [6, 6.07) is 7.58. The van der Waals surface area contributed by atoms with Gasteiger partial charge in [0.2, 0.25) is 0 Å². The van der Waals surface area contributed by atoms with Crippen molar-refractivity contribution in [2.45, 2.75) is 19.3 Å². The highest BCUT2D eigenvalue weighted by molar-refractivity contribution is 5.74. The number of nitrogens with zero attached hydrogens (tertiary/aromatic N) is 2. The van der Waals surface area contributed by atoms with Crippen LogP contribution in [-0.2, 0) is 6.54 Å². The Balaban J connectivity index is 2.44. The van der Waals surface area contributed by atoms with Gasteiger partial charge in [-0.2, -0.15) is 0 Å². The van der Waals surface area contributed by atoms with Crippen LogP contribution in [0.2, 0.25) is 0 Å². The number of aliphatic hydroxyl groups is 2. The normalized spacial score (nSPS) is 12.2. The summed E-state index contributed by atoms with van der Waals surface area (Å²) in [5.41, 5.74) is 1.76. The van der Waals surface area contributed by atoms with Crippen molar-refractivity contribution >= 4 is 11.0 Å². The Bertz CT molecular complexity index is 443. The zero-order valence-electron chi connectivity index (χ0n) is 7.88. The van der Waals surface area contributed by atoms with E-state index >= 15 is 0 Å². The van der Waals surface area contributed by atoms with Crippen LogP contribution in [0, 0.1) is 0 Å². The quantitative estimate of drug-likeness (QED) is 0.690. The topological polar surface area (TPSA) is 58.3 Å². The number of imidazole rings is 1. The molecule has 0 aliphatic heterocycles. The van der Waals surface area contributed by atoms with Gasteiger partial charge in [0.05, 0.1) is 23.9 Å². The molecule has 1 aromatic heterocycles. The van der Waals surface area contributed by atoms with Crippen LogP contribution in [0.15, 0.2) is 30.6 Å². The molecule has 4 nitrogen and oxygen atoms in total. The Morgan fingerprint density at radius 1 is 1.36 bits per heavy atom. The molecule has 0 radical (unpaired) electrons. The molecule has 1 heterocycles. The summed E-state index contributed by atoms with van der Waals surface area (Å²) in [6.07, 6.45) is 1.61. The third-order valence-electron chi connectivity index (χ3n) is 2.00. The van der Waals surface area contributed by atoms with E-state index in [1.165, 1.54) is 6.92 Å². The Morgan fingerprint density at radius 2 is 2.07 bits per heavy atom. The molecule has 0 atom stereocenters. The summed E-state index contributed by atoms with van der Waals surface area (Å²) in [4.78, 5) is 4.14. The minimum Gasteiger partial charge on any atom is -0.364 e. The van der Waals surface area contributed by atoms with Crippen molar-refractivity contribution in [1.82, 2.24) is 9.55 Å². The molecule has 0 amide bonds. The van der Waals surface area contributed by atoms with Gasteiger partial charge < -0.3 is 14.8 Å². The lowest BCUT2D eigenvalue weighted by molar-refractivity contribution is -0.154. The molecule has 0 unspecified atom stereocenters. The van der Waals surface area contributed by atoms with Crippen LogP contribution in [-0.4, -0.2) is 25.6 Å². The minimum atomic E-state index is -1.70. The number of rotatable bonds is 2. The van der Waals surface area contributed by atoms with E-state index in [4.69, 9.17) is 0 Å². The summed E-state index contributed by atoms with van der Waals surface area (Å²) >= 11 is 0. The number of fused-ring (bicyclic) bond motifs is 1. The van der Waals surface area contributed by atoms with Gasteiger partial charge in [-0.3, -0.25) is 0 Å². The molecule has 2 aromatic rings. The van der Waals surface area contributed by atoms with Crippen LogP contribution in [0.3, 0.4) is 0 Å². The molecular weight excluding hydrogens is 180 g/mol. The number of hydrogen-bond acceptors (Lipinski definition) is 3. The first kappa shape index (κ1) is 9.18. The van der Waals surface area contributed by atoms with E-state index in [2.05, 4.69) is 4.98 Å². The van der Waals surface area contributed by atoms with Gasteiger partial charge in [-0.15, -0.1) is 0 Å². The molecule has 4 heteroatoms. The summed E-state index contributed by atoms with van der Waals surface area (Å²) in [7, 11) is 0. The van der Waals surface area contributed by atoms with Crippen LogP contribution >= 0.6 is 0 Å². The molecule has 14 heavy (non-hydrogen) atoms. The second kappa shape index (κ2) is 3.08. The smallest absolute Gasteiger partial charge is 0.178 e. The molecule has 0 aliphatic rings. The highest BCUT2D eigenvalue weighted by Gasteiger charge is 2.16. The highest BCUT2D eigenvalue weighted by atomic mass is 16.5. The fraction of sp³-hybridized carbons (Fsp3) is 0.300. The van der Waals surface area contributed by atoms with Crippen molar-refractivity contribution in [3.63, 3.8) is 0 Å². The molecular formula is C10H12N2O2. The maximum atomic E-state index is 9.26. The van der Waals surface area contributed by atoms with Gasteiger partial charge in [0, 0.05) is 0 Å². The fourth-order valence-electron chi connectivity index (χ4n) is 1.46. The third-order valence-corrected chi connectivity index (χ3v) is 2.00. The first-order valence-electron chi connectivity index (χ1n) is 4.41. The molecule has 0 fully saturated rings. The van der Waals surface area contributed by atoms with Crippen molar-refractivity contribution in [3.05, 3.63) is 30.6 Å². The average Bonchev–Trinajstić information content (AvgIpc) is 2.47. The lowest BCUT2D eigenvalue weighted by atomic mass is 10.3. The van der Waals surface area contributed by atoms with Crippen molar-refractivity contribution in [3.8, 4) is 0 Å². The van der Waals surface area contributed by atoms with Crippen molar-refractivity contribution < 1.29 is 10.2 Å². The number of para-hydroxylation sites is 2. The van der Waals surface area contributed by atoms with Crippen LogP contribution < -0.4 is 0 Å². The summed E-state index contributed by atoms with van der Waals surface area (Å²) in [5.74, 6) is -1.70. The second-order valence-corrected chi connectivity index (χ2v) is 3.58. The van der Waals surface area contributed by atoms with Gasteiger partial charge >= 0.3 is 0 Å². The standard InChI is InChI=1S/C10H12N2O2/c1-10(13,14)6-12-7-11-8-4-2-3-5-9(8)12/h2-5,7,13-14H,6H2,1H3. The van der Waals surface area contributed by atoms with E-state index in [0.29, 0.717) is 0 Å². The molecule has 1 aromatic carbocycles. The molecule has 0 spiro atoms. The van der Waals surface area contributed by atoms with Gasteiger partial charge in [0.25, 0.3) is 0 Å². The Hall–Kier alpha value is -1.39. The minimum absolute atomic E-state index is 0.119. The first-order valence-corrected chi connectivity index (χ1v) is 4.41. The molecule has 74 valence electrons. The maximum Gasteiger partial charge on any atom is 0.178 e. The number of benzene rings is 1. The summed E-state index contributed by atoms with van der Waals surface area (Å²) in [6.45, 7) is 1.47. The second-order valence-electron chi connectivity index (χ2n) is 3.58. The molecule has 0 saturated carbocycles. The van der Waals surface area contributed by atoms with Crippen LogP contribution in [0.1, 0.15) is 6.92 Å². The highest BCUT2D eigenvalue weighted by Crippen LogP contribution is 2.14. The zero-order valence-corrected chi connectivity index (χ0v) is 7.88. The zero-order chi connectivity index (χ0) is 10.2. The predicted molar refractivity (Wildman–Crippen MR) is 52.6 cm³/mol. The third kappa shape index (κ3) is 1.76. The van der Waals surface area contributed by atoms with Crippen molar-refractivity contribution in [2.75, 3.05) is 0 Å².